The van der Waals surface area contributed by atoms with Crippen molar-refractivity contribution in [2.45, 2.75) is 22.8 Å². The molecule has 3 aromatic carbocycles. The van der Waals surface area contributed by atoms with Crippen molar-refractivity contribution in [1.29, 1.82) is 0 Å². The molecule has 0 bridgehead atoms. The Kier molecular flexibility index (Phi) is 7.57. The Morgan fingerprint density at radius 3 is 2.23 bits per heavy atom. The van der Waals surface area contributed by atoms with Crippen LogP contribution in [0, 0.1) is 29.2 Å². The van der Waals surface area contributed by atoms with Crippen LogP contribution in [-0.2, 0) is 17.4 Å². The van der Waals surface area contributed by atoms with Crippen LogP contribution in [0.25, 0.3) is 0 Å². The molecule has 1 fully saturated rings. The molecule has 1 aliphatic rings. The highest BCUT2D eigenvalue weighted by molar-refractivity contribution is 6.53. The lowest BCUT2D eigenvalue weighted by Gasteiger charge is -2.11. The highest BCUT2D eigenvalue weighted by Gasteiger charge is 2.67. The van der Waals surface area contributed by atoms with E-state index in [1.54, 1.807) is 0 Å². The topological polar surface area (TPSA) is 72.2 Å². The van der Waals surface area contributed by atoms with Gasteiger partial charge in [0.25, 0.3) is 0 Å². The fourth-order valence-electron chi connectivity index (χ4n) is 4.12. The predicted molar refractivity (Wildman–Crippen MR) is 131 cm³/mol. The van der Waals surface area contributed by atoms with Crippen LogP contribution in [0.3, 0.4) is 0 Å². The Morgan fingerprint density at radius 1 is 0.923 bits per heavy atom. The molecule has 206 valence electrons. The summed E-state index contributed by atoms with van der Waals surface area (Å²) in [6, 6.07) is 5.18. The molecule has 14 heteroatoms. The molecule has 1 amide bonds. The number of Topliss-reactive ketones (excluding diaryl/α,β-unsaturated/α-hetero) is 1. The second-order valence-corrected chi connectivity index (χ2v) is 10.6. The van der Waals surface area contributed by atoms with E-state index in [9.17, 15) is 40.3 Å². The van der Waals surface area contributed by atoms with Gasteiger partial charge in [-0.1, -0.05) is 17.7 Å². The summed E-state index contributed by atoms with van der Waals surface area (Å²) in [4.78, 5) is 25.7. The van der Waals surface area contributed by atoms with Crippen LogP contribution < -0.4 is 11.1 Å². The molecule has 39 heavy (non-hydrogen) atoms. The van der Waals surface area contributed by atoms with Crippen molar-refractivity contribution in [2.75, 3.05) is 11.1 Å². The highest BCUT2D eigenvalue weighted by atomic mass is 35.5. The van der Waals surface area contributed by atoms with Gasteiger partial charge in [0, 0.05) is 29.7 Å². The number of halogens is 10. The second kappa shape index (κ2) is 10.2. The lowest BCUT2D eigenvalue weighted by Crippen LogP contribution is -2.18. The average Bonchev–Trinajstić information content (AvgIpc) is 3.41. The van der Waals surface area contributed by atoms with Crippen LogP contribution in [0.5, 0.6) is 0 Å². The van der Waals surface area contributed by atoms with E-state index in [4.69, 9.17) is 40.5 Å². The van der Waals surface area contributed by atoms with Gasteiger partial charge in [-0.05, 0) is 41.5 Å². The van der Waals surface area contributed by atoms with E-state index in [0.29, 0.717) is 18.2 Å². The Bertz CT molecular complexity index is 1510. The first-order valence-electron chi connectivity index (χ1n) is 10.8. The van der Waals surface area contributed by atoms with Gasteiger partial charge in [-0.25, -0.2) is 17.6 Å². The van der Waals surface area contributed by atoms with E-state index in [-0.39, 0.29) is 16.8 Å². The summed E-state index contributed by atoms with van der Waals surface area (Å²) in [6.07, 6.45) is -5.70. The lowest BCUT2D eigenvalue weighted by molar-refractivity contribution is -0.140. The predicted octanol–water partition coefficient (Wildman–Crippen LogP) is 7.45. The van der Waals surface area contributed by atoms with E-state index in [1.807, 2.05) is 0 Å². The monoisotopic (exact) mass is 612 g/mol. The third-order valence-electron chi connectivity index (χ3n) is 6.10. The van der Waals surface area contributed by atoms with Crippen molar-refractivity contribution in [3.8, 4) is 0 Å². The molecule has 3 N–H and O–H groups in total. The maximum absolute atomic E-state index is 14.5. The number of ketones is 1. The number of nitrogen functional groups attached to an aromatic ring is 1. The summed E-state index contributed by atoms with van der Waals surface area (Å²) < 4.78 is 93.1. The number of nitrogens with one attached hydrogen (secondary N) is 1. The Morgan fingerprint density at radius 2 is 1.59 bits per heavy atom. The summed E-state index contributed by atoms with van der Waals surface area (Å²) in [5.41, 5.74) is 2.19. The molecular weight excluding hydrogens is 600 g/mol. The minimum atomic E-state index is -5.01. The molecule has 1 saturated carbocycles. The minimum absolute atomic E-state index is 0.160. The molecule has 4 rings (SSSR count). The maximum Gasteiger partial charge on any atom is 0.419 e. The standard InChI is InChI=1S/C25H14Cl3F7N2O2/c26-22-12(19(38)5-10-4-18(36)16(31)8-15(10)30)6-11(7-17(22)32)37-23(39)21-20(24(21,27)28)9-1-2-14(29)13(3-9)25(33,34)35/h1-4,6-8,20-21H,5,36H2,(H,37,39)/t20-,21+/m0/s1. The van der Waals surface area contributed by atoms with Crippen LogP contribution in [0.2, 0.25) is 5.02 Å². The molecule has 4 nitrogen and oxygen atoms in total. The van der Waals surface area contributed by atoms with E-state index in [0.717, 1.165) is 24.3 Å². The molecule has 2 atom stereocenters. The molecule has 0 heterocycles. The van der Waals surface area contributed by atoms with Crippen LogP contribution in [0.15, 0.2) is 42.5 Å². The molecule has 0 aliphatic heterocycles. The third-order valence-corrected chi connectivity index (χ3v) is 7.43. The average molecular weight is 614 g/mol. The van der Waals surface area contributed by atoms with Crippen LogP contribution in [-0.4, -0.2) is 16.0 Å². The highest BCUT2D eigenvalue weighted by Crippen LogP contribution is 2.65. The molecule has 3 aromatic rings. The van der Waals surface area contributed by atoms with Crippen molar-refractivity contribution >= 4 is 57.9 Å². The summed E-state index contributed by atoms with van der Waals surface area (Å²) in [5, 5.41) is 1.63. The first-order chi connectivity index (χ1) is 18.0. The maximum atomic E-state index is 14.5. The quantitative estimate of drug-likeness (QED) is 0.131. The molecule has 0 radical (unpaired) electrons. The fourth-order valence-corrected chi connectivity index (χ4v) is 5.16. The van der Waals surface area contributed by atoms with Crippen molar-refractivity contribution in [1.82, 2.24) is 0 Å². The number of hydrogen-bond donors (Lipinski definition) is 2. The van der Waals surface area contributed by atoms with Gasteiger partial charge in [-0.15, -0.1) is 23.2 Å². The van der Waals surface area contributed by atoms with E-state index in [1.165, 1.54) is 0 Å². The lowest BCUT2D eigenvalue weighted by atomic mass is 10.0. The number of nitrogens with two attached hydrogens (primary N) is 1. The van der Waals surface area contributed by atoms with Gasteiger partial charge in [0.05, 0.1) is 22.2 Å². The van der Waals surface area contributed by atoms with Crippen molar-refractivity contribution < 1.29 is 40.3 Å². The second-order valence-electron chi connectivity index (χ2n) is 8.74. The summed E-state index contributed by atoms with van der Waals surface area (Å²) in [7, 11) is 0. The number of anilines is 2. The van der Waals surface area contributed by atoms with Gasteiger partial charge in [-0.3, -0.25) is 9.59 Å². The number of carbonyl (C=O) groups is 2. The van der Waals surface area contributed by atoms with Gasteiger partial charge in [-0.2, -0.15) is 13.2 Å². The number of amides is 1. The fraction of sp³-hybridized carbons (Fsp3) is 0.200. The summed E-state index contributed by atoms with van der Waals surface area (Å²) >= 11 is 18.2. The van der Waals surface area contributed by atoms with Gasteiger partial charge < -0.3 is 11.1 Å². The van der Waals surface area contributed by atoms with Gasteiger partial charge in [0.2, 0.25) is 5.91 Å². The SMILES string of the molecule is Nc1cc(CC(=O)c2cc(NC(=O)[C@H]3[C@H](c4ccc(F)c(C(F)(F)F)c4)C3(Cl)Cl)cc(F)c2Cl)c(F)cc1F. The normalized spacial score (nSPS) is 18.1. The number of alkyl halides is 5. The molecule has 0 unspecified atom stereocenters. The number of benzene rings is 3. The third kappa shape index (κ3) is 5.66. The van der Waals surface area contributed by atoms with Gasteiger partial charge in [0.1, 0.15) is 27.6 Å². The Labute approximate surface area is 230 Å². The van der Waals surface area contributed by atoms with E-state index in [2.05, 4.69) is 5.32 Å². The first kappa shape index (κ1) is 29.0. The van der Waals surface area contributed by atoms with Crippen LogP contribution >= 0.6 is 34.8 Å². The van der Waals surface area contributed by atoms with E-state index >= 15 is 0 Å². The number of carbonyl (C=O) groups excluding carboxylic acids is 2. The Balaban J connectivity index is 1.57. The smallest absolute Gasteiger partial charge is 0.396 e. The molecule has 0 saturated heterocycles. The Hall–Kier alpha value is -3.02. The summed E-state index contributed by atoms with van der Waals surface area (Å²) in [5.74, 6) is -9.14. The molecule has 1 aliphatic carbocycles. The first-order valence-corrected chi connectivity index (χ1v) is 12.0. The molecule has 0 spiro atoms. The number of rotatable bonds is 6. The van der Waals surface area contributed by atoms with Gasteiger partial charge >= 0.3 is 6.18 Å². The zero-order chi connectivity index (χ0) is 29.0. The summed E-state index contributed by atoms with van der Waals surface area (Å²) in [6.45, 7) is 0. The van der Waals surface area contributed by atoms with Gasteiger partial charge in [0.15, 0.2) is 5.78 Å². The van der Waals surface area contributed by atoms with Crippen molar-refractivity contribution in [3.05, 3.63) is 93.0 Å². The van der Waals surface area contributed by atoms with Crippen molar-refractivity contribution in [3.63, 3.8) is 0 Å². The van der Waals surface area contributed by atoms with Crippen molar-refractivity contribution in [2.24, 2.45) is 5.92 Å². The number of hydrogen-bond acceptors (Lipinski definition) is 3. The molecule has 0 aromatic heterocycles. The van der Waals surface area contributed by atoms with Crippen LogP contribution in [0.4, 0.5) is 42.1 Å². The van der Waals surface area contributed by atoms with E-state index < -0.39 is 85.6 Å². The zero-order valence-corrected chi connectivity index (χ0v) is 21.3. The van der Waals surface area contributed by atoms with Crippen LogP contribution in [0.1, 0.15) is 33.0 Å². The zero-order valence-electron chi connectivity index (χ0n) is 19.1. The molecular formula is C25H14Cl3F7N2O2. The largest absolute Gasteiger partial charge is 0.419 e. The minimum Gasteiger partial charge on any atom is -0.396 e.